The maximum atomic E-state index is 12.8. The van der Waals surface area contributed by atoms with Crippen LogP contribution in [-0.2, 0) is 21.1 Å². The molecule has 0 spiro atoms. The van der Waals surface area contributed by atoms with Gasteiger partial charge in [0.1, 0.15) is 19.8 Å². The van der Waals surface area contributed by atoms with Crippen molar-refractivity contribution in [3.05, 3.63) is 74.8 Å². The molecule has 3 rings (SSSR count). The van der Waals surface area contributed by atoms with Gasteiger partial charge in [0.25, 0.3) is 0 Å². The highest BCUT2D eigenvalue weighted by molar-refractivity contribution is 8.16. The Bertz CT molecular complexity index is 841. The van der Waals surface area contributed by atoms with Gasteiger partial charge in [0.05, 0.1) is 4.90 Å². The van der Waals surface area contributed by atoms with E-state index in [1.165, 1.54) is 10.5 Å². The molecule has 0 aromatic heterocycles. The van der Waals surface area contributed by atoms with Gasteiger partial charge in [0.15, 0.2) is 0 Å². The molecule has 0 fully saturated rings. The van der Waals surface area contributed by atoms with E-state index in [2.05, 4.69) is 11.1 Å². The summed E-state index contributed by atoms with van der Waals surface area (Å²) in [6, 6.07) is 16.6. The van der Waals surface area contributed by atoms with Crippen LogP contribution in [0, 0.1) is 6.92 Å². The van der Waals surface area contributed by atoms with E-state index in [-0.39, 0.29) is 4.90 Å². The van der Waals surface area contributed by atoms with E-state index < -0.39 is 21.1 Å². The highest BCUT2D eigenvalue weighted by atomic mass is 32.3. The second kappa shape index (κ2) is 7.13. The molecule has 1 aliphatic rings. The maximum absolute atomic E-state index is 12.8. The van der Waals surface area contributed by atoms with Crippen LogP contribution in [0.5, 0.6) is 0 Å². The van der Waals surface area contributed by atoms with Gasteiger partial charge in [-0.05, 0) is 67.6 Å². The second-order valence-electron chi connectivity index (χ2n) is 6.02. The van der Waals surface area contributed by atoms with Gasteiger partial charge in [0, 0.05) is 6.42 Å². The van der Waals surface area contributed by atoms with Gasteiger partial charge in [-0.15, -0.1) is 0 Å². The Kier molecular flexibility index (Phi) is 5.13. The van der Waals surface area contributed by atoms with E-state index in [0.29, 0.717) is 0 Å². The van der Waals surface area contributed by atoms with Crippen molar-refractivity contribution in [2.75, 3.05) is 0 Å². The van der Waals surface area contributed by atoms with E-state index >= 15 is 0 Å². The van der Waals surface area contributed by atoms with Crippen LogP contribution in [0.25, 0.3) is 4.13 Å². The van der Waals surface area contributed by atoms with Crippen LogP contribution in [0.1, 0.15) is 31.7 Å². The van der Waals surface area contributed by atoms with Crippen LogP contribution in [0.2, 0.25) is 0 Å². The Labute approximate surface area is 147 Å². The minimum absolute atomic E-state index is 0.262. The quantitative estimate of drug-likeness (QED) is 0.697. The normalized spacial score (nSPS) is 16.4. The summed E-state index contributed by atoms with van der Waals surface area (Å²) < 4.78 is 30.0. The molecule has 3 nitrogen and oxygen atoms in total. The molecule has 1 atom stereocenters. The average Bonchev–Trinajstić information content (AvgIpc) is 3.00. The van der Waals surface area contributed by atoms with Gasteiger partial charge >= 0.3 is 0 Å². The lowest BCUT2D eigenvalue weighted by molar-refractivity contribution is 0.604. The van der Waals surface area contributed by atoms with Crippen molar-refractivity contribution in [3.63, 3.8) is 0 Å². The number of rotatable bonds is 5. The lowest BCUT2D eigenvalue weighted by Gasteiger charge is -2.22. The number of benzene rings is 2. The molecule has 0 bridgehead atoms. The van der Waals surface area contributed by atoms with Crippen molar-refractivity contribution < 1.29 is 8.42 Å². The van der Waals surface area contributed by atoms with Crippen molar-refractivity contribution in [2.24, 2.45) is 0 Å². The topological polar surface area (TPSA) is 48.2 Å². The fourth-order valence-corrected chi connectivity index (χ4v) is 6.54. The standard InChI is InChI=1S/C19H21NO2S2/c1-15-11-13-18(14-12-15)24(21,22)20-23(17-8-4-3-5-9-17)19-10-6-7-16(19)2/h3-5,8-9,11-14H,6-7,10H2,1-2H3. The van der Waals surface area contributed by atoms with Crippen LogP contribution in [-0.4, -0.2) is 8.42 Å². The third kappa shape index (κ3) is 3.74. The first-order valence-electron chi connectivity index (χ1n) is 8.00. The van der Waals surface area contributed by atoms with Crippen LogP contribution >= 0.6 is 0 Å². The Morgan fingerprint density at radius 3 is 2.17 bits per heavy atom. The Morgan fingerprint density at radius 1 is 0.917 bits per heavy atom. The molecule has 0 radical (unpaired) electrons. The van der Waals surface area contributed by atoms with Crippen LogP contribution in [0.15, 0.2) is 74.9 Å². The predicted molar refractivity (Wildman–Crippen MR) is 100 cm³/mol. The molecule has 0 aliphatic heterocycles. The number of nitrogens with zero attached hydrogens (tertiary/aromatic N) is 1. The summed E-state index contributed by atoms with van der Waals surface area (Å²) in [5.41, 5.74) is 2.32. The van der Waals surface area contributed by atoms with Crippen molar-refractivity contribution in [1.29, 1.82) is 0 Å². The Balaban J connectivity index is 1.98. The van der Waals surface area contributed by atoms with Gasteiger partial charge in [-0.3, -0.25) is 0 Å². The highest BCUT2D eigenvalue weighted by Crippen LogP contribution is 2.40. The van der Waals surface area contributed by atoms with Gasteiger partial charge in [-0.1, -0.05) is 35.9 Å². The zero-order chi connectivity index (χ0) is 17.2. The number of hydrogen-bond donors (Lipinski definition) is 0. The fraction of sp³-hybridized carbons (Fsp3) is 0.263. The van der Waals surface area contributed by atoms with Crippen molar-refractivity contribution in [2.45, 2.75) is 42.9 Å². The largest absolute Gasteiger partial charge is 0.302 e. The number of allylic oxidation sites excluding steroid dienone is 2. The summed E-state index contributed by atoms with van der Waals surface area (Å²) in [6.07, 6.45) is 3.04. The average molecular weight is 360 g/mol. The molecular weight excluding hydrogens is 338 g/mol. The first-order valence-corrected chi connectivity index (χ1v) is 10.6. The van der Waals surface area contributed by atoms with E-state index in [0.717, 1.165) is 29.7 Å². The summed E-state index contributed by atoms with van der Waals surface area (Å²) in [5, 5.41) is 0. The van der Waals surface area contributed by atoms with Crippen LogP contribution < -0.4 is 0 Å². The first-order chi connectivity index (χ1) is 11.5. The fourth-order valence-electron chi connectivity index (χ4n) is 2.76. The third-order valence-electron chi connectivity index (χ3n) is 4.12. The molecule has 0 amide bonds. The molecule has 2 aromatic carbocycles. The van der Waals surface area contributed by atoms with Gasteiger partial charge in [-0.25, -0.2) is 8.42 Å². The monoisotopic (exact) mass is 359 g/mol. The van der Waals surface area contributed by atoms with Crippen molar-refractivity contribution >= 4 is 21.1 Å². The molecule has 1 aliphatic carbocycles. The summed E-state index contributed by atoms with van der Waals surface area (Å²) in [7, 11) is -3.68. The lowest BCUT2D eigenvalue weighted by atomic mass is 10.2. The minimum Gasteiger partial charge on any atom is -0.302 e. The smallest absolute Gasteiger partial charge is 0.148 e. The predicted octanol–water partition coefficient (Wildman–Crippen LogP) is 5.11. The highest BCUT2D eigenvalue weighted by Gasteiger charge is 2.29. The summed E-state index contributed by atoms with van der Waals surface area (Å²) in [6.45, 7) is 4.04. The first kappa shape index (κ1) is 17.3. The Morgan fingerprint density at radius 2 is 1.58 bits per heavy atom. The van der Waals surface area contributed by atoms with Gasteiger partial charge < -0.3 is 4.13 Å². The maximum Gasteiger partial charge on any atom is 0.148 e. The number of sulfonamides is 1. The molecule has 0 saturated heterocycles. The molecule has 1 unspecified atom stereocenters. The summed E-state index contributed by atoms with van der Waals surface area (Å²) in [5.74, 6) is 0. The number of aryl methyl sites for hydroxylation is 1. The number of hydrogen-bond acceptors (Lipinski definition) is 2. The zero-order valence-electron chi connectivity index (χ0n) is 13.9. The molecule has 0 N–H and O–H groups in total. The molecule has 24 heavy (non-hydrogen) atoms. The zero-order valence-corrected chi connectivity index (χ0v) is 15.5. The van der Waals surface area contributed by atoms with E-state index in [1.54, 1.807) is 12.1 Å². The van der Waals surface area contributed by atoms with E-state index in [9.17, 15) is 8.42 Å². The molecule has 5 heteroatoms. The molecule has 0 heterocycles. The molecule has 126 valence electrons. The molecular formula is C19H21NO2S2. The van der Waals surface area contributed by atoms with Gasteiger partial charge in [-0.2, -0.15) is 0 Å². The van der Waals surface area contributed by atoms with Crippen LogP contribution in [0.4, 0.5) is 0 Å². The molecule has 2 aromatic rings. The summed E-state index contributed by atoms with van der Waals surface area (Å²) in [4.78, 5) is 2.40. The molecule has 0 saturated carbocycles. The summed E-state index contributed by atoms with van der Waals surface area (Å²) >= 11 is -0.752. The SMILES string of the molecule is CC1=C([S+]([N-]S(=O)(=O)c2ccc(C)cc2)c2ccccc2)CCC1. The van der Waals surface area contributed by atoms with Gasteiger partial charge in [0.2, 0.25) is 0 Å². The lowest BCUT2D eigenvalue weighted by Crippen LogP contribution is -2.11. The van der Waals surface area contributed by atoms with Crippen LogP contribution in [0.3, 0.4) is 0 Å². The van der Waals surface area contributed by atoms with Crippen molar-refractivity contribution in [3.8, 4) is 0 Å². The third-order valence-corrected chi connectivity index (χ3v) is 8.11. The second-order valence-corrected chi connectivity index (χ2v) is 9.57. The van der Waals surface area contributed by atoms with Crippen molar-refractivity contribution in [1.82, 2.24) is 0 Å². The Hall–Kier alpha value is -1.56. The van der Waals surface area contributed by atoms with E-state index in [1.807, 2.05) is 49.4 Å². The van der Waals surface area contributed by atoms with E-state index in [4.69, 9.17) is 0 Å². The minimum atomic E-state index is -3.68.